The van der Waals surface area contributed by atoms with E-state index in [0.717, 1.165) is 38.6 Å². The van der Waals surface area contributed by atoms with Gasteiger partial charge in [0.25, 0.3) is 0 Å². The molecule has 4 fully saturated rings. The molecule has 0 aromatic heterocycles. The summed E-state index contributed by atoms with van der Waals surface area (Å²) in [6.07, 6.45) is 4.75. The second-order valence-electron chi connectivity index (χ2n) is 11.7. The number of rotatable bonds is 4. The number of aliphatic hydroxyl groups excluding tert-OH is 1. The number of β-amino-alcohol motifs (C(OH)–C–C–N with tert-alkyl or cyclic N) is 1. The fourth-order valence-electron chi connectivity index (χ4n) is 9.50. The van der Waals surface area contributed by atoms with Gasteiger partial charge in [-0.05, 0) is 79.8 Å². The van der Waals surface area contributed by atoms with Crippen LogP contribution in [-0.4, -0.2) is 57.2 Å². The summed E-state index contributed by atoms with van der Waals surface area (Å²) in [5, 5.41) is 20.8. The van der Waals surface area contributed by atoms with Crippen LogP contribution in [0.2, 0.25) is 0 Å². The van der Waals surface area contributed by atoms with E-state index in [-0.39, 0.29) is 28.9 Å². The van der Waals surface area contributed by atoms with E-state index in [1.807, 2.05) is 25.1 Å². The molecule has 2 aromatic rings. The average molecular weight is 459 g/mol. The first-order valence-electron chi connectivity index (χ1n) is 13.0. The van der Waals surface area contributed by atoms with Crippen LogP contribution in [0.1, 0.15) is 49.3 Å². The summed E-state index contributed by atoms with van der Waals surface area (Å²) in [6, 6.07) is 17.0. The lowest BCUT2D eigenvalue weighted by molar-refractivity contribution is -0.139. The number of benzene rings is 2. The lowest BCUT2D eigenvalue weighted by atomic mass is 9.43. The molecule has 34 heavy (non-hydrogen) atoms. The number of carbonyl (C=O) groups is 1. The highest BCUT2D eigenvalue weighted by molar-refractivity contribution is 5.84. The summed E-state index contributed by atoms with van der Waals surface area (Å²) in [6.45, 7) is 4.24. The number of fused-ring (bicyclic) bond motifs is 1. The summed E-state index contributed by atoms with van der Waals surface area (Å²) in [5.41, 5.74) is 3.86. The molecule has 5 nitrogen and oxygen atoms in total. The Hall–Kier alpha value is -2.37. The van der Waals surface area contributed by atoms with E-state index in [9.17, 15) is 15.0 Å². The third-order valence-electron chi connectivity index (χ3n) is 10.3. The number of carbonyl (C=O) groups excluding carboxylic acids is 1. The topological polar surface area (TPSA) is 64.0 Å². The molecule has 5 heteroatoms. The molecular weight excluding hydrogens is 424 g/mol. The molecular formula is C29H34N2O3. The van der Waals surface area contributed by atoms with Gasteiger partial charge in [-0.3, -0.25) is 9.69 Å². The fourth-order valence-corrected chi connectivity index (χ4v) is 9.50. The standard InChI is InChI=1S/C29H34N2O3/c1-18(32)16-30-12-11-29-23-14-21(33)8-7-20(23)13-25(30)28(29)10-9-24-26(29)22(15-28)27(34)31(24)17-19-5-3-2-4-6-19/h2-8,14,18,22,24-26,32-33H,9-13,15-17H2,1H3/t18-,22-,24?,25?,26?,28?,29?/m0/s1. The molecule has 5 unspecified atom stereocenters. The number of hydrogen-bond acceptors (Lipinski definition) is 4. The number of phenols is 1. The maximum Gasteiger partial charge on any atom is 0.226 e. The Bertz CT molecular complexity index is 1150. The summed E-state index contributed by atoms with van der Waals surface area (Å²) >= 11 is 0. The molecule has 2 aliphatic heterocycles. The van der Waals surface area contributed by atoms with E-state index < -0.39 is 0 Å². The predicted octanol–water partition coefficient (Wildman–Crippen LogP) is 3.47. The van der Waals surface area contributed by atoms with Crippen LogP contribution in [0.4, 0.5) is 0 Å². The van der Waals surface area contributed by atoms with Gasteiger partial charge in [0.05, 0.1) is 6.10 Å². The van der Waals surface area contributed by atoms with Gasteiger partial charge in [-0.15, -0.1) is 0 Å². The number of amides is 1. The molecule has 2 saturated carbocycles. The monoisotopic (exact) mass is 458 g/mol. The second-order valence-corrected chi connectivity index (χ2v) is 11.7. The number of aliphatic hydroxyl groups is 1. The molecule has 178 valence electrons. The van der Waals surface area contributed by atoms with E-state index in [1.165, 1.54) is 16.7 Å². The van der Waals surface area contributed by atoms with Crippen molar-refractivity contribution in [3.05, 3.63) is 65.2 Å². The Kier molecular flexibility index (Phi) is 4.36. The zero-order valence-electron chi connectivity index (χ0n) is 19.9. The maximum atomic E-state index is 14.0. The van der Waals surface area contributed by atoms with Gasteiger partial charge >= 0.3 is 0 Å². The molecule has 1 amide bonds. The zero-order valence-corrected chi connectivity index (χ0v) is 19.9. The van der Waals surface area contributed by atoms with Crippen LogP contribution in [0.15, 0.2) is 48.5 Å². The number of piperidine rings is 1. The molecule has 3 aliphatic carbocycles. The van der Waals surface area contributed by atoms with Crippen molar-refractivity contribution in [3.8, 4) is 5.75 Å². The van der Waals surface area contributed by atoms with Crippen LogP contribution >= 0.6 is 0 Å². The summed E-state index contributed by atoms with van der Waals surface area (Å²) in [4.78, 5) is 18.7. The molecule has 0 spiro atoms. The Labute approximate surface area is 201 Å². The number of likely N-dealkylation sites (tertiary alicyclic amines) is 2. The van der Waals surface area contributed by atoms with Crippen molar-refractivity contribution in [1.29, 1.82) is 0 Å². The largest absolute Gasteiger partial charge is 0.508 e. The number of aromatic hydroxyl groups is 1. The van der Waals surface area contributed by atoms with Gasteiger partial charge in [-0.25, -0.2) is 0 Å². The first-order chi connectivity index (χ1) is 16.4. The minimum Gasteiger partial charge on any atom is -0.508 e. The first-order valence-corrected chi connectivity index (χ1v) is 13.0. The van der Waals surface area contributed by atoms with Crippen LogP contribution < -0.4 is 0 Å². The summed E-state index contributed by atoms with van der Waals surface area (Å²) in [7, 11) is 0. The van der Waals surface area contributed by atoms with Crippen LogP contribution in [0.5, 0.6) is 5.75 Å². The zero-order chi connectivity index (χ0) is 23.2. The van der Waals surface area contributed by atoms with E-state index in [2.05, 4.69) is 40.1 Å². The highest BCUT2D eigenvalue weighted by atomic mass is 16.3. The molecule has 7 atom stereocenters. The molecule has 0 radical (unpaired) electrons. The van der Waals surface area contributed by atoms with Crippen molar-refractivity contribution in [3.63, 3.8) is 0 Å². The van der Waals surface area contributed by atoms with Crippen molar-refractivity contribution in [2.75, 3.05) is 13.1 Å². The van der Waals surface area contributed by atoms with E-state index in [1.54, 1.807) is 0 Å². The minimum absolute atomic E-state index is 0.0568. The van der Waals surface area contributed by atoms with Crippen LogP contribution in [-0.2, 0) is 23.2 Å². The summed E-state index contributed by atoms with van der Waals surface area (Å²) in [5.74, 6) is 1.07. The molecule has 2 N–H and O–H groups in total. The highest BCUT2D eigenvalue weighted by Gasteiger charge is 2.77. The predicted molar refractivity (Wildman–Crippen MR) is 129 cm³/mol. The van der Waals surface area contributed by atoms with Crippen LogP contribution in [0, 0.1) is 17.3 Å². The SMILES string of the molecule is C[C@H](O)CN1CCC23c4cc(O)ccc4CC1C21CCC2C3[C@H](C1)C(=O)N2Cc1ccccc1. The van der Waals surface area contributed by atoms with Crippen molar-refractivity contribution in [1.82, 2.24) is 9.80 Å². The second kappa shape index (κ2) is 7.08. The number of hydrogen-bond donors (Lipinski definition) is 2. The molecule has 7 rings (SSSR count). The van der Waals surface area contributed by atoms with Gasteiger partial charge in [0.2, 0.25) is 5.91 Å². The van der Waals surface area contributed by atoms with Gasteiger partial charge in [0, 0.05) is 42.4 Å². The van der Waals surface area contributed by atoms with Gasteiger partial charge in [-0.1, -0.05) is 36.4 Å². The van der Waals surface area contributed by atoms with Crippen LogP contribution in [0.3, 0.4) is 0 Å². The van der Waals surface area contributed by atoms with E-state index >= 15 is 0 Å². The Morgan fingerprint density at radius 2 is 1.97 bits per heavy atom. The Balaban J connectivity index is 1.37. The average Bonchev–Trinajstić information content (AvgIpc) is 3.19. The van der Waals surface area contributed by atoms with Crippen molar-refractivity contribution in [2.45, 2.75) is 69.2 Å². The third kappa shape index (κ3) is 2.50. The molecule has 4 bridgehead atoms. The van der Waals surface area contributed by atoms with Gasteiger partial charge in [0.1, 0.15) is 5.75 Å². The van der Waals surface area contributed by atoms with E-state index in [4.69, 9.17) is 0 Å². The Morgan fingerprint density at radius 3 is 2.76 bits per heavy atom. The van der Waals surface area contributed by atoms with Crippen molar-refractivity contribution >= 4 is 5.91 Å². The quantitative estimate of drug-likeness (QED) is 0.737. The lowest BCUT2D eigenvalue weighted by Gasteiger charge is -2.66. The van der Waals surface area contributed by atoms with Gasteiger partial charge < -0.3 is 15.1 Å². The fraction of sp³-hybridized carbons (Fsp3) is 0.552. The highest BCUT2D eigenvalue weighted by Crippen LogP contribution is 2.75. The number of phenolic OH excluding ortho intramolecular Hbond substituents is 1. The molecule has 2 aromatic carbocycles. The van der Waals surface area contributed by atoms with Gasteiger partial charge in [0.15, 0.2) is 0 Å². The normalized spacial score (nSPS) is 38.5. The van der Waals surface area contributed by atoms with E-state index in [0.29, 0.717) is 36.7 Å². The lowest BCUT2D eigenvalue weighted by Crippen LogP contribution is -2.70. The minimum atomic E-state index is -0.356. The smallest absolute Gasteiger partial charge is 0.226 e. The van der Waals surface area contributed by atoms with Crippen molar-refractivity contribution < 1.29 is 15.0 Å². The maximum absolute atomic E-state index is 14.0. The first kappa shape index (κ1) is 21.0. The Morgan fingerprint density at radius 1 is 1.15 bits per heavy atom. The summed E-state index contributed by atoms with van der Waals surface area (Å²) < 4.78 is 0. The third-order valence-corrected chi connectivity index (χ3v) is 10.3. The van der Waals surface area contributed by atoms with Gasteiger partial charge in [-0.2, -0.15) is 0 Å². The van der Waals surface area contributed by atoms with Crippen LogP contribution in [0.25, 0.3) is 0 Å². The molecule has 2 saturated heterocycles. The molecule has 2 heterocycles. The number of nitrogens with zero attached hydrogens (tertiary/aromatic N) is 2. The van der Waals surface area contributed by atoms with Crippen molar-refractivity contribution in [2.24, 2.45) is 17.3 Å². The molecule has 5 aliphatic rings.